The van der Waals surface area contributed by atoms with Crippen LogP contribution in [0.1, 0.15) is 24.1 Å². The van der Waals surface area contributed by atoms with Crippen molar-refractivity contribution in [1.29, 1.82) is 0 Å². The fraction of sp³-hybridized carbons (Fsp3) is 0.533. The van der Waals surface area contributed by atoms with E-state index in [9.17, 15) is 0 Å². The molecule has 2 N–H and O–H groups in total. The molecule has 0 radical (unpaired) electrons. The summed E-state index contributed by atoms with van der Waals surface area (Å²) in [6.45, 7) is 3.00. The van der Waals surface area contributed by atoms with Crippen molar-refractivity contribution in [3.05, 3.63) is 35.4 Å². The second-order valence-electron chi connectivity index (χ2n) is 4.78. The smallest absolute Gasteiger partial charge is 0.190 e. The maximum atomic E-state index is 4.13. The molecule has 0 aromatic heterocycles. The molecule has 0 fully saturated rings. The van der Waals surface area contributed by atoms with Gasteiger partial charge in [-0.15, -0.1) is 0 Å². The molecule has 0 aliphatic carbocycles. The van der Waals surface area contributed by atoms with E-state index in [1.54, 1.807) is 7.05 Å². The quantitative estimate of drug-likeness (QED) is 0.626. The first kappa shape index (κ1) is 15.5. The summed E-state index contributed by atoms with van der Waals surface area (Å²) < 4.78 is 0. The van der Waals surface area contributed by atoms with Crippen LogP contribution in [0.2, 0.25) is 0 Å². The van der Waals surface area contributed by atoms with Crippen LogP contribution < -0.4 is 10.6 Å². The van der Waals surface area contributed by atoms with Gasteiger partial charge in [0.2, 0.25) is 0 Å². The summed E-state index contributed by atoms with van der Waals surface area (Å²) >= 11 is 0. The molecular formula is C15H26N4. The minimum Gasteiger partial charge on any atom is -0.359 e. The molecule has 0 heterocycles. The van der Waals surface area contributed by atoms with Crippen LogP contribution in [-0.4, -0.2) is 45.6 Å². The molecule has 106 valence electrons. The molecule has 0 aliphatic rings. The number of aryl methyl sites for hydroxylation is 1. The van der Waals surface area contributed by atoms with E-state index in [-0.39, 0.29) is 0 Å². The topological polar surface area (TPSA) is 39.7 Å². The fourth-order valence-corrected chi connectivity index (χ4v) is 2.05. The normalized spacial score (nSPS) is 13.5. The predicted molar refractivity (Wildman–Crippen MR) is 82.7 cm³/mol. The highest BCUT2D eigenvalue weighted by molar-refractivity contribution is 5.79. The minimum atomic E-state index is 0.330. The van der Waals surface area contributed by atoms with Crippen molar-refractivity contribution in [1.82, 2.24) is 15.5 Å². The maximum Gasteiger partial charge on any atom is 0.190 e. The first-order valence-electron chi connectivity index (χ1n) is 6.76. The number of nitrogens with zero attached hydrogens (tertiary/aromatic N) is 2. The van der Waals surface area contributed by atoms with E-state index in [0.717, 1.165) is 18.9 Å². The Balaban J connectivity index is 2.76. The number of hydrogen-bond donors (Lipinski definition) is 2. The van der Waals surface area contributed by atoms with Crippen LogP contribution in [-0.2, 0) is 6.42 Å². The van der Waals surface area contributed by atoms with E-state index in [1.807, 2.05) is 7.05 Å². The molecule has 19 heavy (non-hydrogen) atoms. The van der Waals surface area contributed by atoms with Gasteiger partial charge in [0.05, 0.1) is 6.04 Å². The number of rotatable bonds is 5. The summed E-state index contributed by atoms with van der Waals surface area (Å²) in [5, 5.41) is 6.36. The molecule has 1 aromatic carbocycles. The van der Waals surface area contributed by atoms with Gasteiger partial charge < -0.3 is 15.5 Å². The molecule has 0 saturated heterocycles. The van der Waals surface area contributed by atoms with Gasteiger partial charge in [0.25, 0.3) is 0 Å². The molecule has 4 heteroatoms. The molecular weight excluding hydrogens is 236 g/mol. The third-order valence-electron chi connectivity index (χ3n) is 3.32. The van der Waals surface area contributed by atoms with Crippen molar-refractivity contribution in [2.75, 3.05) is 34.7 Å². The van der Waals surface area contributed by atoms with Crippen molar-refractivity contribution in [3.63, 3.8) is 0 Å². The monoisotopic (exact) mass is 262 g/mol. The number of benzene rings is 1. The molecule has 0 saturated carbocycles. The van der Waals surface area contributed by atoms with Gasteiger partial charge in [-0.25, -0.2) is 0 Å². The molecule has 4 nitrogen and oxygen atoms in total. The van der Waals surface area contributed by atoms with Crippen molar-refractivity contribution in [2.45, 2.75) is 19.4 Å². The Kier molecular flexibility index (Phi) is 6.36. The van der Waals surface area contributed by atoms with Crippen LogP contribution in [0.15, 0.2) is 29.3 Å². The lowest BCUT2D eigenvalue weighted by atomic mass is 10.0. The zero-order valence-electron chi connectivity index (χ0n) is 12.7. The first-order valence-corrected chi connectivity index (χ1v) is 6.76. The fourth-order valence-electron chi connectivity index (χ4n) is 2.05. The largest absolute Gasteiger partial charge is 0.359 e. The molecule has 0 spiro atoms. The lowest BCUT2D eigenvalue weighted by molar-refractivity contribution is 0.298. The Morgan fingerprint density at radius 3 is 2.32 bits per heavy atom. The Morgan fingerprint density at radius 2 is 1.89 bits per heavy atom. The lowest BCUT2D eigenvalue weighted by Gasteiger charge is -2.26. The number of aliphatic imine (C=N–C) groups is 1. The molecule has 1 unspecified atom stereocenters. The molecule has 0 amide bonds. The molecule has 0 bridgehead atoms. The summed E-state index contributed by atoms with van der Waals surface area (Å²) in [6, 6.07) is 9.17. The SMILES string of the molecule is CCc1ccc(C(CNC(=NC)NC)N(C)C)cc1. The zero-order chi connectivity index (χ0) is 14.3. The van der Waals surface area contributed by atoms with E-state index in [0.29, 0.717) is 6.04 Å². The number of nitrogens with one attached hydrogen (secondary N) is 2. The van der Waals surface area contributed by atoms with E-state index < -0.39 is 0 Å². The summed E-state index contributed by atoms with van der Waals surface area (Å²) in [5.74, 6) is 0.817. The Morgan fingerprint density at radius 1 is 1.26 bits per heavy atom. The van der Waals surface area contributed by atoms with Crippen molar-refractivity contribution in [2.24, 2.45) is 4.99 Å². The zero-order valence-corrected chi connectivity index (χ0v) is 12.7. The molecule has 0 aliphatic heterocycles. The van der Waals surface area contributed by atoms with Crippen LogP contribution in [0.4, 0.5) is 0 Å². The van der Waals surface area contributed by atoms with Gasteiger partial charge in [-0.05, 0) is 31.6 Å². The summed E-state index contributed by atoms with van der Waals surface area (Å²) in [5.41, 5.74) is 2.70. The van der Waals surface area contributed by atoms with E-state index in [2.05, 4.69) is 65.8 Å². The highest BCUT2D eigenvalue weighted by Crippen LogP contribution is 2.18. The Labute approximate surface area is 116 Å². The van der Waals surface area contributed by atoms with Crippen LogP contribution in [0.3, 0.4) is 0 Å². The van der Waals surface area contributed by atoms with E-state index >= 15 is 0 Å². The predicted octanol–water partition coefficient (Wildman–Crippen LogP) is 1.65. The van der Waals surface area contributed by atoms with E-state index in [1.165, 1.54) is 11.1 Å². The maximum absolute atomic E-state index is 4.13. The lowest BCUT2D eigenvalue weighted by Crippen LogP contribution is -2.40. The van der Waals surface area contributed by atoms with Crippen molar-refractivity contribution < 1.29 is 0 Å². The number of hydrogen-bond acceptors (Lipinski definition) is 2. The van der Waals surface area contributed by atoms with Gasteiger partial charge in [-0.1, -0.05) is 31.2 Å². The molecule has 1 aromatic rings. The van der Waals surface area contributed by atoms with Crippen LogP contribution in [0, 0.1) is 0 Å². The van der Waals surface area contributed by atoms with Crippen LogP contribution >= 0.6 is 0 Å². The van der Waals surface area contributed by atoms with Gasteiger partial charge in [0.1, 0.15) is 0 Å². The highest BCUT2D eigenvalue weighted by atomic mass is 15.2. The second kappa shape index (κ2) is 7.79. The van der Waals surface area contributed by atoms with Gasteiger partial charge in [-0.2, -0.15) is 0 Å². The van der Waals surface area contributed by atoms with Crippen LogP contribution in [0.5, 0.6) is 0 Å². The van der Waals surface area contributed by atoms with Gasteiger partial charge in [0, 0.05) is 20.6 Å². The molecule has 1 rings (SSSR count). The average Bonchev–Trinajstić information content (AvgIpc) is 2.43. The third-order valence-corrected chi connectivity index (χ3v) is 3.32. The van der Waals surface area contributed by atoms with E-state index in [4.69, 9.17) is 0 Å². The third kappa shape index (κ3) is 4.56. The van der Waals surface area contributed by atoms with Gasteiger partial charge >= 0.3 is 0 Å². The standard InChI is InChI=1S/C15H26N4/c1-6-12-7-9-13(10-8-12)14(19(4)5)11-18-15(16-2)17-3/h7-10,14H,6,11H2,1-5H3,(H2,16,17,18). The Bertz CT molecular complexity index is 395. The summed E-state index contributed by atoms with van der Waals surface area (Å²) in [4.78, 5) is 6.35. The van der Waals surface area contributed by atoms with Gasteiger partial charge in [-0.3, -0.25) is 4.99 Å². The van der Waals surface area contributed by atoms with Gasteiger partial charge in [0.15, 0.2) is 5.96 Å². The molecule has 1 atom stereocenters. The minimum absolute atomic E-state index is 0.330. The Hall–Kier alpha value is -1.55. The second-order valence-corrected chi connectivity index (χ2v) is 4.78. The summed E-state index contributed by atoms with van der Waals surface area (Å²) in [6.07, 6.45) is 1.08. The summed E-state index contributed by atoms with van der Waals surface area (Å²) in [7, 11) is 7.85. The van der Waals surface area contributed by atoms with Crippen molar-refractivity contribution >= 4 is 5.96 Å². The number of guanidine groups is 1. The highest BCUT2D eigenvalue weighted by Gasteiger charge is 2.14. The average molecular weight is 262 g/mol. The first-order chi connectivity index (χ1) is 9.12. The van der Waals surface area contributed by atoms with Crippen LogP contribution in [0.25, 0.3) is 0 Å². The number of likely N-dealkylation sites (N-methyl/N-ethyl adjacent to an activating group) is 1. The van der Waals surface area contributed by atoms with Crippen molar-refractivity contribution in [3.8, 4) is 0 Å².